The van der Waals surface area contributed by atoms with Crippen LogP contribution in [-0.4, -0.2) is 20.7 Å². The smallest absolute Gasteiger partial charge is 0.188 e. The number of carbonyl (C=O) groups is 1. The van der Waals surface area contributed by atoms with E-state index in [0.29, 0.717) is 24.4 Å². The van der Waals surface area contributed by atoms with Gasteiger partial charge in [0, 0.05) is 17.5 Å². The number of fused-ring (bicyclic) bond motifs is 1. The summed E-state index contributed by atoms with van der Waals surface area (Å²) in [5, 5.41) is 13.6. The number of aromatic nitrogens is 2. The van der Waals surface area contributed by atoms with Gasteiger partial charge in [0.25, 0.3) is 0 Å². The molecule has 2 heterocycles. The van der Waals surface area contributed by atoms with E-state index in [1.54, 1.807) is 10.7 Å². The molecular weight excluding hydrogens is 290 g/mol. The fourth-order valence-corrected chi connectivity index (χ4v) is 2.72. The molecule has 0 saturated carbocycles. The van der Waals surface area contributed by atoms with Crippen LogP contribution < -0.4 is 0 Å². The first-order valence-electron chi connectivity index (χ1n) is 7.03. The molecule has 0 aliphatic carbocycles. The third-order valence-corrected chi connectivity index (χ3v) is 4.29. The molecule has 22 heavy (non-hydrogen) atoms. The molecule has 0 unspecified atom stereocenters. The molecule has 0 amide bonds. The van der Waals surface area contributed by atoms with Crippen molar-refractivity contribution >= 4 is 5.78 Å². The summed E-state index contributed by atoms with van der Waals surface area (Å²) in [7, 11) is 0. The quantitative estimate of drug-likeness (QED) is 0.878. The van der Waals surface area contributed by atoms with Crippen LogP contribution in [0.15, 0.2) is 12.1 Å². The lowest BCUT2D eigenvalue weighted by Gasteiger charge is -2.27. The average Bonchev–Trinajstić information content (AvgIpc) is 2.89. The fourth-order valence-electron chi connectivity index (χ4n) is 2.72. The van der Waals surface area contributed by atoms with Crippen molar-refractivity contribution in [2.75, 3.05) is 0 Å². The summed E-state index contributed by atoms with van der Waals surface area (Å²) in [6.07, 6.45) is 0.664. The number of hydrogen-bond acceptors (Lipinski definition) is 3. The van der Waals surface area contributed by atoms with Crippen molar-refractivity contribution in [2.45, 2.75) is 33.7 Å². The number of aromatic hydroxyl groups is 1. The topological polar surface area (TPSA) is 55.1 Å². The SMILES string of the molecule is Cc1c(-c2cc3n(n2)CCC(C)(C)C3=O)cc(F)c(O)c1F. The maximum Gasteiger partial charge on any atom is 0.188 e. The van der Waals surface area contributed by atoms with Crippen LogP contribution in [-0.2, 0) is 6.54 Å². The van der Waals surface area contributed by atoms with E-state index >= 15 is 0 Å². The lowest BCUT2D eigenvalue weighted by atomic mass is 9.81. The molecule has 0 fully saturated rings. The van der Waals surface area contributed by atoms with Gasteiger partial charge in [0.05, 0.1) is 5.69 Å². The van der Waals surface area contributed by atoms with Crippen LogP contribution >= 0.6 is 0 Å². The average molecular weight is 306 g/mol. The monoisotopic (exact) mass is 306 g/mol. The lowest BCUT2D eigenvalue weighted by Crippen LogP contribution is -2.33. The summed E-state index contributed by atoms with van der Waals surface area (Å²) < 4.78 is 29.0. The number of Topliss-reactive ketones (excluding diaryl/α,β-unsaturated/α-hetero) is 1. The first kappa shape index (κ1) is 14.7. The second-order valence-electron chi connectivity index (χ2n) is 6.29. The maximum absolute atomic E-state index is 13.8. The van der Waals surface area contributed by atoms with Gasteiger partial charge in [-0.3, -0.25) is 9.48 Å². The molecular formula is C16H16F2N2O2. The molecule has 1 N–H and O–H groups in total. The van der Waals surface area contributed by atoms with E-state index in [4.69, 9.17) is 0 Å². The maximum atomic E-state index is 13.8. The highest BCUT2D eigenvalue weighted by Gasteiger charge is 2.36. The number of carbonyl (C=O) groups excluding carboxylic acids is 1. The number of phenolic OH excluding ortho intramolecular Hbond substituents is 1. The van der Waals surface area contributed by atoms with Crippen LogP contribution in [0.1, 0.15) is 36.3 Å². The van der Waals surface area contributed by atoms with Gasteiger partial charge >= 0.3 is 0 Å². The van der Waals surface area contributed by atoms with Crippen LogP contribution in [0.4, 0.5) is 8.78 Å². The summed E-state index contributed by atoms with van der Waals surface area (Å²) in [6.45, 7) is 5.76. The highest BCUT2D eigenvalue weighted by Crippen LogP contribution is 2.36. The van der Waals surface area contributed by atoms with Crippen molar-refractivity contribution in [2.24, 2.45) is 5.41 Å². The molecule has 2 aromatic rings. The van der Waals surface area contributed by atoms with E-state index in [2.05, 4.69) is 5.10 Å². The zero-order chi connectivity index (χ0) is 16.2. The number of hydrogen-bond donors (Lipinski definition) is 1. The fraction of sp³-hybridized carbons (Fsp3) is 0.375. The van der Waals surface area contributed by atoms with Crippen molar-refractivity contribution < 1.29 is 18.7 Å². The van der Waals surface area contributed by atoms with E-state index in [-0.39, 0.29) is 16.9 Å². The molecule has 3 rings (SSSR count). The van der Waals surface area contributed by atoms with Gasteiger partial charge < -0.3 is 5.11 Å². The molecule has 1 aromatic carbocycles. The van der Waals surface area contributed by atoms with E-state index in [1.807, 2.05) is 13.8 Å². The molecule has 116 valence electrons. The van der Waals surface area contributed by atoms with E-state index in [0.717, 1.165) is 6.07 Å². The molecule has 1 aromatic heterocycles. The molecule has 6 heteroatoms. The van der Waals surface area contributed by atoms with E-state index < -0.39 is 22.8 Å². The Balaban J connectivity index is 2.15. The first-order valence-corrected chi connectivity index (χ1v) is 7.03. The first-order chi connectivity index (χ1) is 10.2. The van der Waals surface area contributed by atoms with Gasteiger partial charge in [0.2, 0.25) is 0 Å². The van der Waals surface area contributed by atoms with Crippen molar-refractivity contribution in [1.29, 1.82) is 0 Å². The Morgan fingerprint density at radius 1 is 1.32 bits per heavy atom. The Bertz CT molecular complexity index is 794. The van der Waals surface area contributed by atoms with Gasteiger partial charge in [-0.05, 0) is 31.0 Å². The van der Waals surface area contributed by atoms with E-state index in [1.165, 1.54) is 6.92 Å². The summed E-state index contributed by atoms with van der Waals surface area (Å²) in [4.78, 5) is 12.4. The minimum absolute atomic E-state index is 0.0325. The highest BCUT2D eigenvalue weighted by atomic mass is 19.1. The number of ketones is 1. The summed E-state index contributed by atoms with van der Waals surface area (Å²) >= 11 is 0. The zero-order valence-corrected chi connectivity index (χ0v) is 12.6. The van der Waals surface area contributed by atoms with Crippen molar-refractivity contribution in [3.63, 3.8) is 0 Å². The lowest BCUT2D eigenvalue weighted by molar-refractivity contribution is 0.0772. The van der Waals surface area contributed by atoms with Crippen LogP contribution in [0.3, 0.4) is 0 Å². The number of rotatable bonds is 1. The molecule has 0 radical (unpaired) electrons. The minimum Gasteiger partial charge on any atom is -0.503 e. The summed E-state index contributed by atoms with van der Waals surface area (Å²) in [5.74, 6) is -3.08. The third-order valence-electron chi connectivity index (χ3n) is 4.29. The Labute approximate surface area is 126 Å². The van der Waals surface area contributed by atoms with Gasteiger partial charge in [-0.15, -0.1) is 0 Å². The highest BCUT2D eigenvalue weighted by molar-refractivity contribution is 6.00. The van der Waals surface area contributed by atoms with Crippen molar-refractivity contribution in [3.8, 4) is 17.0 Å². The van der Waals surface area contributed by atoms with Crippen molar-refractivity contribution in [1.82, 2.24) is 9.78 Å². The largest absolute Gasteiger partial charge is 0.503 e. The third kappa shape index (κ3) is 2.01. The molecule has 0 atom stereocenters. The predicted octanol–water partition coefficient (Wildman–Crippen LogP) is 3.45. The second-order valence-corrected chi connectivity index (χ2v) is 6.29. The summed E-state index contributed by atoms with van der Waals surface area (Å²) in [6, 6.07) is 2.60. The molecule has 0 saturated heterocycles. The molecule has 0 bridgehead atoms. The molecule has 4 nitrogen and oxygen atoms in total. The standard InChI is InChI=1S/C16H16F2N2O2/c1-8-9(6-10(17)14(21)13(8)18)11-7-12-15(22)16(2,3)4-5-20(12)19-11/h6-7,21H,4-5H2,1-3H3. The molecule has 0 spiro atoms. The van der Waals surface area contributed by atoms with Crippen LogP contribution in [0.25, 0.3) is 11.3 Å². The zero-order valence-electron chi connectivity index (χ0n) is 12.6. The Morgan fingerprint density at radius 2 is 2.00 bits per heavy atom. The van der Waals surface area contributed by atoms with Crippen LogP contribution in [0, 0.1) is 24.0 Å². The van der Waals surface area contributed by atoms with Crippen molar-refractivity contribution in [3.05, 3.63) is 35.0 Å². The Hall–Kier alpha value is -2.24. The Morgan fingerprint density at radius 3 is 2.68 bits per heavy atom. The van der Waals surface area contributed by atoms with Gasteiger partial charge in [-0.2, -0.15) is 5.10 Å². The predicted molar refractivity (Wildman–Crippen MR) is 76.7 cm³/mol. The van der Waals surface area contributed by atoms with Crippen LogP contribution in [0.5, 0.6) is 5.75 Å². The van der Waals surface area contributed by atoms with Gasteiger partial charge in [0.1, 0.15) is 5.69 Å². The molecule has 1 aliphatic heterocycles. The minimum atomic E-state index is -1.05. The van der Waals surface area contributed by atoms with E-state index in [9.17, 15) is 18.7 Å². The second kappa shape index (κ2) is 4.63. The van der Waals surface area contributed by atoms with Gasteiger partial charge in [-0.25, -0.2) is 8.78 Å². The number of nitrogens with zero attached hydrogens (tertiary/aromatic N) is 2. The number of phenols is 1. The van der Waals surface area contributed by atoms with Crippen LogP contribution in [0.2, 0.25) is 0 Å². The van der Waals surface area contributed by atoms with Gasteiger partial charge in [-0.1, -0.05) is 13.8 Å². The normalized spacial score (nSPS) is 16.7. The molecule has 1 aliphatic rings. The van der Waals surface area contributed by atoms with Gasteiger partial charge in [0.15, 0.2) is 23.2 Å². The summed E-state index contributed by atoms with van der Waals surface area (Å²) in [5.41, 5.74) is 0.644. The Kier molecular flexibility index (Phi) is 3.09. The number of benzene rings is 1. The number of aryl methyl sites for hydroxylation is 1. The number of halogens is 2.